The van der Waals surface area contributed by atoms with Crippen LogP contribution in [0.5, 0.6) is 0 Å². The number of pyridine rings is 1. The van der Waals surface area contributed by atoms with Crippen molar-refractivity contribution in [3.63, 3.8) is 0 Å². The maximum atomic E-state index is 12.6. The zero-order valence-corrected chi connectivity index (χ0v) is 24.5. The highest BCUT2D eigenvalue weighted by Crippen LogP contribution is 2.37. The highest BCUT2D eigenvalue weighted by Gasteiger charge is 2.36. The van der Waals surface area contributed by atoms with E-state index in [1.807, 2.05) is 12.1 Å². The minimum absolute atomic E-state index is 0.112. The van der Waals surface area contributed by atoms with Gasteiger partial charge in [-0.15, -0.1) is 0 Å². The third-order valence-corrected chi connectivity index (χ3v) is 8.23. The molecular formula is C31H40F3N5O4. The van der Waals surface area contributed by atoms with E-state index in [1.165, 1.54) is 12.1 Å². The van der Waals surface area contributed by atoms with Gasteiger partial charge in [0.1, 0.15) is 5.60 Å². The predicted octanol–water partition coefficient (Wildman–Crippen LogP) is 4.01. The molecule has 234 valence electrons. The zero-order valence-electron chi connectivity index (χ0n) is 24.5. The van der Waals surface area contributed by atoms with Gasteiger partial charge in [0, 0.05) is 37.7 Å². The third-order valence-electron chi connectivity index (χ3n) is 8.23. The Morgan fingerprint density at radius 1 is 1.07 bits per heavy atom. The quantitative estimate of drug-likeness (QED) is 0.441. The van der Waals surface area contributed by atoms with Crippen molar-refractivity contribution in [3.05, 3.63) is 59.4 Å². The predicted molar refractivity (Wildman–Crippen MR) is 155 cm³/mol. The first-order chi connectivity index (χ1) is 20.5. The summed E-state index contributed by atoms with van der Waals surface area (Å²) in [6.07, 6.45) is 4.05. The molecule has 2 aromatic rings. The molecule has 0 radical (unpaired) electrons. The molecule has 12 heteroatoms. The van der Waals surface area contributed by atoms with Crippen LogP contribution in [0.2, 0.25) is 0 Å². The second kappa shape index (κ2) is 14.3. The average Bonchev–Trinajstić information content (AvgIpc) is 3.70. The summed E-state index contributed by atoms with van der Waals surface area (Å²) in [5.41, 5.74) is -0.242. The largest absolute Gasteiger partial charge is 0.416 e. The summed E-state index contributed by atoms with van der Waals surface area (Å²) in [7, 11) is 0. The zero-order chi connectivity index (χ0) is 31.0. The Bertz CT molecular complexity index is 1260. The van der Waals surface area contributed by atoms with E-state index >= 15 is 0 Å². The summed E-state index contributed by atoms with van der Waals surface area (Å²) >= 11 is 0. The van der Waals surface area contributed by atoms with Crippen LogP contribution < -0.4 is 15.5 Å². The minimum Gasteiger partial charge on any atom is -0.384 e. The van der Waals surface area contributed by atoms with E-state index in [9.17, 15) is 32.7 Å². The molecule has 2 saturated heterocycles. The number of aromatic nitrogens is 1. The van der Waals surface area contributed by atoms with Gasteiger partial charge in [-0.05, 0) is 81.8 Å². The van der Waals surface area contributed by atoms with E-state index in [2.05, 4.69) is 22.5 Å². The van der Waals surface area contributed by atoms with Crippen molar-refractivity contribution in [2.24, 2.45) is 0 Å². The number of amides is 3. The van der Waals surface area contributed by atoms with Crippen molar-refractivity contribution in [2.75, 3.05) is 37.6 Å². The monoisotopic (exact) mass is 603 g/mol. The maximum Gasteiger partial charge on any atom is 0.416 e. The number of carbonyl (C=O) groups is 3. The lowest BCUT2D eigenvalue weighted by molar-refractivity contribution is -0.137. The molecule has 1 aromatic heterocycles. The van der Waals surface area contributed by atoms with Gasteiger partial charge in [0.2, 0.25) is 11.8 Å². The summed E-state index contributed by atoms with van der Waals surface area (Å²) in [6, 6.07) is 8.42. The Morgan fingerprint density at radius 2 is 1.79 bits per heavy atom. The van der Waals surface area contributed by atoms with E-state index in [0.29, 0.717) is 25.6 Å². The molecule has 0 spiro atoms. The second-order valence-electron chi connectivity index (χ2n) is 11.3. The summed E-state index contributed by atoms with van der Waals surface area (Å²) in [5, 5.41) is 16.7. The highest BCUT2D eigenvalue weighted by molar-refractivity contribution is 5.96. The van der Waals surface area contributed by atoms with Crippen molar-refractivity contribution >= 4 is 23.4 Å². The van der Waals surface area contributed by atoms with Crippen molar-refractivity contribution < 1.29 is 32.7 Å². The number of nitrogens with zero attached hydrogens (tertiary/aromatic N) is 3. The second-order valence-corrected chi connectivity index (χ2v) is 11.3. The van der Waals surface area contributed by atoms with Gasteiger partial charge in [0.25, 0.3) is 5.91 Å². The Morgan fingerprint density at radius 3 is 2.37 bits per heavy atom. The molecule has 1 saturated carbocycles. The standard InChI is InChI=1S/C17H25N3O2.C14H15F3N2O2/c1-2-18-13-7-9-17(22,10-8-13)15-6-5-14(12-19-15)20-11-3-4-16(20)21;15-14(16,17)11-5-3-4-10(8-11)13(21)18-9-12(20)19-6-1-2-7-19/h5-6,12-13,18,22H,2-4,7-11H2,1H3;3-5,8H,1-2,6-7,9H2,(H,18,21). The minimum atomic E-state index is -4.50. The van der Waals surface area contributed by atoms with E-state index < -0.39 is 23.2 Å². The van der Waals surface area contributed by atoms with Gasteiger partial charge < -0.3 is 25.5 Å². The molecule has 2 aliphatic heterocycles. The van der Waals surface area contributed by atoms with E-state index in [4.69, 9.17) is 0 Å². The van der Waals surface area contributed by atoms with Gasteiger partial charge in [-0.2, -0.15) is 13.2 Å². The molecule has 3 amide bonds. The maximum absolute atomic E-state index is 12.6. The first-order valence-electron chi connectivity index (χ1n) is 15.0. The number of alkyl halides is 3. The SMILES string of the molecule is CCNC1CCC(O)(c2ccc(N3CCCC3=O)cn2)CC1.O=C(NCC(=O)N1CCCC1)c1cccc(C(F)(F)F)c1. The smallest absolute Gasteiger partial charge is 0.384 e. The van der Waals surface area contributed by atoms with Crippen LogP contribution in [-0.2, 0) is 21.4 Å². The lowest BCUT2D eigenvalue weighted by atomic mass is 9.80. The van der Waals surface area contributed by atoms with Crippen LogP contribution in [0.1, 0.15) is 79.9 Å². The van der Waals surface area contributed by atoms with Crippen molar-refractivity contribution in [2.45, 2.75) is 76.1 Å². The molecule has 3 N–H and O–H groups in total. The lowest BCUT2D eigenvalue weighted by Crippen LogP contribution is -2.40. The molecule has 3 fully saturated rings. The van der Waals surface area contributed by atoms with Crippen LogP contribution in [0.4, 0.5) is 18.9 Å². The molecular weight excluding hydrogens is 563 g/mol. The number of hydrogen-bond acceptors (Lipinski definition) is 6. The van der Waals surface area contributed by atoms with Crippen LogP contribution in [0, 0.1) is 0 Å². The first-order valence-corrected chi connectivity index (χ1v) is 15.0. The van der Waals surface area contributed by atoms with Crippen LogP contribution in [0.15, 0.2) is 42.6 Å². The molecule has 3 aliphatic rings. The van der Waals surface area contributed by atoms with Crippen LogP contribution in [0.3, 0.4) is 0 Å². The number of hydrogen-bond donors (Lipinski definition) is 3. The van der Waals surface area contributed by atoms with Crippen LogP contribution >= 0.6 is 0 Å². The Kier molecular flexibility index (Phi) is 10.8. The fraction of sp³-hybridized carbons (Fsp3) is 0.548. The average molecular weight is 604 g/mol. The van der Waals surface area contributed by atoms with Crippen molar-refractivity contribution in [1.82, 2.24) is 20.5 Å². The summed E-state index contributed by atoms with van der Waals surface area (Å²) < 4.78 is 37.7. The van der Waals surface area contributed by atoms with Gasteiger partial charge in [-0.25, -0.2) is 0 Å². The number of anilines is 1. The molecule has 0 atom stereocenters. The van der Waals surface area contributed by atoms with Crippen molar-refractivity contribution in [1.29, 1.82) is 0 Å². The molecule has 0 unspecified atom stereocenters. The molecule has 43 heavy (non-hydrogen) atoms. The Hall–Kier alpha value is -3.51. The molecule has 1 aliphatic carbocycles. The van der Waals surface area contributed by atoms with Gasteiger partial charge in [-0.1, -0.05) is 13.0 Å². The Labute approximate surface area is 249 Å². The van der Waals surface area contributed by atoms with Crippen LogP contribution in [0.25, 0.3) is 0 Å². The molecule has 9 nitrogen and oxygen atoms in total. The number of carbonyl (C=O) groups excluding carboxylic acids is 3. The number of likely N-dealkylation sites (tertiary alicyclic amines) is 1. The van der Waals surface area contributed by atoms with Gasteiger partial charge in [0.15, 0.2) is 0 Å². The summed E-state index contributed by atoms with van der Waals surface area (Å²) in [4.78, 5) is 43.2. The van der Waals surface area contributed by atoms with Crippen LogP contribution in [-0.4, -0.2) is 71.5 Å². The fourth-order valence-corrected chi connectivity index (χ4v) is 5.76. The van der Waals surface area contributed by atoms with Crippen molar-refractivity contribution in [3.8, 4) is 0 Å². The Balaban J connectivity index is 0.000000197. The number of rotatable bonds is 7. The molecule has 3 heterocycles. The molecule has 1 aromatic carbocycles. The number of nitrogens with one attached hydrogen (secondary N) is 2. The molecule has 0 bridgehead atoms. The number of halogens is 3. The normalized spacial score (nSPS) is 22.3. The van der Waals surface area contributed by atoms with Gasteiger partial charge in [-0.3, -0.25) is 19.4 Å². The number of benzene rings is 1. The van der Waals surface area contributed by atoms with E-state index in [1.54, 1.807) is 16.0 Å². The topological polar surface area (TPSA) is 115 Å². The fourth-order valence-electron chi connectivity index (χ4n) is 5.76. The lowest BCUT2D eigenvalue weighted by Gasteiger charge is -2.36. The third kappa shape index (κ3) is 8.54. The van der Waals surface area contributed by atoms with Gasteiger partial charge >= 0.3 is 6.18 Å². The molecule has 5 rings (SSSR count). The summed E-state index contributed by atoms with van der Waals surface area (Å²) in [5.74, 6) is -0.735. The van der Waals surface area contributed by atoms with E-state index in [-0.39, 0.29) is 23.9 Å². The number of aliphatic hydroxyl groups is 1. The highest BCUT2D eigenvalue weighted by atomic mass is 19.4. The first kappa shape index (κ1) is 32.4. The van der Waals surface area contributed by atoms with Gasteiger partial charge in [0.05, 0.1) is 29.7 Å². The van der Waals surface area contributed by atoms with E-state index in [0.717, 1.165) is 81.5 Å². The summed E-state index contributed by atoms with van der Waals surface area (Å²) in [6.45, 7) is 4.99.